The molecule has 0 radical (unpaired) electrons. The zero-order valence-corrected chi connectivity index (χ0v) is 14.5. The molecule has 2 aliphatic carbocycles. The van der Waals surface area contributed by atoms with Crippen LogP contribution in [0.2, 0.25) is 0 Å². The lowest BCUT2D eigenvalue weighted by atomic mass is 10.1. The van der Waals surface area contributed by atoms with Crippen molar-refractivity contribution in [2.24, 2.45) is 5.92 Å². The summed E-state index contributed by atoms with van der Waals surface area (Å²) in [4.78, 5) is 17.0. The highest BCUT2D eigenvalue weighted by molar-refractivity contribution is 7.91. The fraction of sp³-hybridized carbons (Fsp3) is 0.938. The van der Waals surface area contributed by atoms with Crippen molar-refractivity contribution in [1.82, 2.24) is 9.80 Å². The van der Waals surface area contributed by atoms with Crippen molar-refractivity contribution in [3.63, 3.8) is 0 Å². The maximum absolute atomic E-state index is 12.7. The van der Waals surface area contributed by atoms with Crippen molar-refractivity contribution in [3.05, 3.63) is 0 Å². The van der Waals surface area contributed by atoms with Crippen molar-refractivity contribution in [2.45, 2.75) is 63.6 Å². The average Bonchev–Trinajstić information content (AvgIpc) is 3.31. The molecule has 3 rings (SSSR count). The summed E-state index contributed by atoms with van der Waals surface area (Å²) in [5, 5.41) is 0. The van der Waals surface area contributed by atoms with E-state index in [1.807, 2.05) is 7.05 Å². The first-order valence-corrected chi connectivity index (χ1v) is 10.4. The third kappa shape index (κ3) is 3.82. The predicted molar refractivity (Wildman–Crippen MR) is 86.4 cm³/mol. The van der Waals surface area contributed by atoms with E-state index < -0.39 is 9.84 Å². The number of hydrogen-bond acceptors (Lipinski definition) is 4. The highest BCUT2D eigenvalue weighted by Gasteiger charge is 2.42. The molecular formula is C16H28N2O3S. The van der Waals surface area contributed by atoms with Crippen LogP contribution in [0.1, 0.15) is 45.4 Å². The minimum Gasteiger partial charge on any atom is -0.336 e. The van der Waals surface area contributed by atoms with Crippen LogP contribution in [0.15, 0.2) is 0 Å². The molecule has 0 aromatic carbocycles. The summed E-state index contributed by atoms with van der Waals surface area (Å²) in [6.07, 6.45) is 6.13. The number of hydrogen-bond donors (Lipinski definition) is 0. The predicted octanol–water partition coefficient (Wildman–Crippen LogP) is 1.28. The second-order valence-corrected chi connectivity index (χ2v) is 9.71. The Morgan fingerprint density at radius 3 is 2.14 bits per heavy atom. The molecule has 0 N–H and O–H groups in total. The monoisotopic (exact) mass is 328 g/mol. The number of nitrogens with zero attached hydrogens (tertiary/aromatic N) is 2. The van der Waals surface area contributed by atoms with Crippen LogP contribution in [0.4, 0.5) is 0 Å². The van der Waals surface area contributed by atoms with E-state index in [1.54, 1.807) is 0 Å². The van der Waals surface area contributed by atoms with Gasteiger partial charge in [-0.05, 0) is 58.4 Å². The SMILES string of the molecule is C[C@@H](C1CC1)N(C(=O)CN(C)C1CCS(=O)(=O)CC1)C1CC1. The highest BCUT2D eigenvalue weighted by Crippen LogP contribution is 2.39. The van der Waals surface area contributed by atoms with Gasteiger partial charge in [-0.15, -0.1) is 0 Å². The number of amides is 1. The molecule has 0 aromatic heterocycles. The second kappa shape index (κ2) is 6.11. The Labute approximate surface area is 134 Å². The van der Waals surface area contributed by atoms with E-state index in [0.29, 0.717) is 37.4 Å². The Hall–Kier alpha value is -0.620. The Bertz CT molecular complexity index is 512. The smallest absolute Gasteiger partial charge is 0.237 e. The zero-order chi connectivity index (χ0) is 15.9. The van der Waals surface area contributed by atoms with Crippen molar-refractivity contribution in [1.29, 1.82) is 0 Å². The maximum atomic E-state index is 12.7. The second-order valence-electron chi connectivity index (χ2n) is 7.41. The van der Waals surface area contributed by atoms with Crippen LogP contribution in [0.25, 0.3) is 0 Å². The van der Waals surface area contributed by atoms with Gasteiger partial charge in [0.2, 0.25) is 5.91 Å². The number of carbonyl (C=O) groups is 1. The van der Waals surface area contributed by atoms with E-state index in [4.69, 9.17) is 0 Å². The molecule has 0 bridgehead atoms. The van der Waals surface area contributed by atoms with Crippen LogP contribution >= 0.6 is 0 Å². The Morgan fingerprint density at radius 1 is 1.05 bits per heavy atom. The molecule has 1 atom stereocenters. The van der Waals surface area contributed by atoms with Gasteiger partial charge in [0, 0.05) is 18.1 Å². The van der Waals surface area contributed by atoms with Crippen LogP contribution in [0.5, 0.6) is 0 Å². The molecule has 0 spiro atoms. The van der Waals surface area contributed by atoms with Crippen LogP contribution in [0, 0.1) is 5.92 Å². The standard InChI is InChI=1S/C16H28N2O3S/c1-12(13-3-4-13)18(15-5-6-15)16(19)11-17(2)14-7-9-22(20,21)10-8-14/h12-15H,3-11H2,1-2H3/t12-/m0/s1. The quantitative estimate of drug-likeness (QED) is 0.737. The largest absolute Gasteiger partial charge is 0.336 e. The molecular weight excluding hydrogens is 300 g/mol. The minimum atomic E-state index is -2.84. The molecule has 3 aliphatic rings. The first kappa shape index (κ1) is 16.2. The molecule has 3 fully saturated rings. The summed E-state index contributed by atoms with van der Waals surface area (Å²) < 4.78 is 23.0. The lowest BCUT2D eigenvalue weighted by Crippen LogP contribution is -2.49. The van der Waals surface area contributed by atoms with E-state index in [-0.39, 0.29) is 23.5 Å². The van der Waals surface area contributed by atoms with Crippen LogP contribution in [-0.2, 0) is 14.6 Å². The van der Waals surface area contributed by atoms with Gasteiger partial charge in [-0.2, -0.15) is 0 Å². The molecule has 0 aromatic rings. The maximum Gasteiger partial charge on any atom is 0.237 e. The summed E-state index contributed by atoms with van der Waals surface area (Å²) in [7, 11) is -0.870. The van der Waals surface area contributed by atoms with Gasteiger partial charge >= 0.3 is 0 Å². The topological polar surface area (TPSA) is 57.7 Å². The fourth-order valence-electron chi connectivity index (χ4n) is 3.66. The third-order valence-electron chi connectivity index (χ3n) is 5.50. The normalized spacial score (nSPS) is 26.9. The molecule has 1 heterocycles. The number of rotatable bonds is 6. The molecule has 1 amide bonds. The van der Waals surface area contributed by atoms with Crippen LogP contribution < -0.4 is 0 Å². The summed E-state index contributed by atoms with van der Waals surface area (Å²) in [6.45, 7) is 2.62. The Balaban J connectivity index is 1.55. The van der Waals surface area contributed by atoms with E-state index in [0.717, 1.165) is 12.8 Å². The van der Waals surface area contributed by atoms with Gasteiger partial charge in [-0.25, -0.2) is 8.42 Å². The van der Waals surface area contributed by atoms with Gasteiger partial charge < -0.3 is 4.90 Å². The van der Waals surface area contributed by atoms with Crippen molar-refractivity contribution < 1.29 is 13.2 Å². The van der Waals surface area contributed by atoms with E-state index >= 15 is 0 Å². The summed E-state index contributed by atoms with van der Waals surface area (Å²) in [5.41, 5.74) is 0. The molecule has 1 saturated heterocycles. The minimum absolute atomic E-state index is 0.227. The zero-order valence-electron chi connectivity index (χ0n) is 13.7. The van der Waals surface area contributed by atoms with Crippen LogP contribution in [-0.4, -0.2) is 67.3 Å². The Kier molecular flexibility index (Phi) is 4.52. The van der Waals surface area contributed by atoms with E-state index in [2.05, 4.69) is 16.7 Å². The van der Waals surface area contributed by atoms with Crippen molar-refractivity contribution in [2.75, 3.05) is 25.1 Å². The van der Waals surface area contributed by atoms with Crippen LogP contribution in [0.3, 0.4) is 0 Å². The Morgan fingerprint density at radius 2 is 1.64 bits per heavy atom. The average molecular weight is 328 g/mol. The van der Waals surface area contributed by atoms with Crippen molar-refractivity contribution >= 4 is 15.7 Å². The molecule has 0 unspecified atom stereocenters. The number of likely N-dealkylation sites (N-methyl/N-ethyl adjacent to an activating group) is 1. The molecule has 126 valence electrons. The first-order valence-electron chi connectivity index (χ1n) is 8.59. The number of sulfone groups is 1. The van der Waals surface area contributed by atoms with Crippen molar-refractivity contribution in [3.8, 4) is 0 Å². The molecule has 1 aliphatic heterocycles. The molecule has 5 nitrogen and oxygen atoms in total. The van der Waals surface area contributed by atoms with Gasteiger partial charge in [0.15, 0.2) is 0 Å². The highest BCUT2D eigenvalue weighted by atomic mass is 32.2. The lowest BCUT2D eigenvalue weighted by molar-refractivity contribution is -0.135. The lowest BCUT2D eigenvalue weighted by Gasteiger charge is -2.35. The molecule has 2 saturated carbocycles. The van der Waals surface area contributed by atoms with E-state index in [1.165, 1.54) is 12.8 Å². The number of carbonyl (C=O) groups excluding carboxylic acids is 1. The summed E-state index contributed by atoms with van der Waals surface area (Å²) in [6, 6.07) is 1.06. The third-order valence-corrected chi connectivity index (χ3v) is 7.22. The van der Waals surface area contributed by atoms with Gasteiger partial charge in [0.25, 0.3) is 0 Å². The van der Waals surface area contributed by atoms with E-state index in [9.17, 15) is 13.2 Å². The molecule has 6 heteroatoms. The first-order chi connectivity index (χ1) is 10.4. The van der Waals surface area contributed by atoms with Gasteiger partial charge in [0.05, 0.1) is 18.1 Å². The van der Waals surface area contributed by atoms with Gasteiger partial charge in [0.1, 0.15) is 9.84 Å². The van der Waals surface area contributed by atoms with Gasteiger partial charge in [-0.3, -0.25) is 9.69 Å². The van der Waals surface area contributed by atoms with Gasteiger partial charge in [-0.1, -0.05) is 0 Å². The molecule has 22 heavy (non-hydrogen) atoms. The fourth-order valence-corrected chi connectivity index (χ4v) is 5.13. The summed E-state index contributed by atoms with van der Waals surface area (Å²) >= 11 is 0. The summed E-state index contributed by atoms with van der Waals surface area (Å²) in [5.74, 6) is 1.47.